The van der Waals surface area contributed by atoms with Crippen LogP contribution in [0, 0.1) is 0 Å². The Bertz CT molecular complexity index is 1120. The molecule has 0 spiro atoms. The molecule has 14 nitrogen and oxygen atoms in total. The number of hydrogen-bond donors (Lipinski definition) is 2. The number of nitrogen functional groups attached to an aromatic ring is 1. The SMILES string of the molecule is COCC1=C(C(=O)O[C@@H](C)OC(=O)OC(C)C)N2C(=O)[C@H](NC(=O)/C(=N/OC)c3csc(N)n3)[C@@H]2SC1. The summed E-state index contributed by atoms with van der Waals surface area (Å²) in [5, 5.41) is 7.49. The Morgan fingerprint density at radius 3 is 2.57 bits per heavy atom. The van der Waals surface area contributed by atoms with Gasteiger partial charge in [0.15, 0.2) is 10.8 Å². The number of nitrogens with two attached hydrogens (primary N) is 1. The lowest BCUT2D eigenvalue weighted by molar-refractivity contribution is -0.169. The summed E-state index contributed by atoms with van der Waals surface area (Å²) in [6, 6.07) is -0.961. The van der Waals surface area contributed by atoms with Gasteiger partial charge in [-0.1, -0.05) is 5.16 Å². The highest BCUT2D eigenvalue weighted by Crippen LogP contribution is 2.41. The van der Waals surface area contributed by atoms with Gasteiger partial charge in [0.1, 0.15) is 29.9 Å². The number of aromatic nitrogens is 1. The third-order valence-corrected chi connectivity index (χ3v) is 6.89. The van der Waals surface area contributed by atoms with Crippen LogP contribution in [-0.2, 0) is 38.2 Å². The van der Waals surface area contributed by atoms with Gasteiger partial charge < -0.3 is 34.8 Å². The van der Waals surface area contributed by atoms with E-state index in [9.17, 15) is 19.2 Å². The molecule has 3 atom stereocenters. The number of fused-ring (bicyclic) bond motifs is 1. The van der Waals surface area contributed by atoms with Crippen LogP contribution in [0.5, 0.6) is 0 Å². The summed E-state index contributed by atoms with van der Waals surface area (Å²) in [7, 11) is 2.71. The van der Waals surface area contributed by atoms with Crippen molar-refractivity contribution in [3.63, 3.8) is 0 Å². The minimum absolute atomic E-state index is 0.0353. The molecule has 0 aromatic carbocycles. The number of carbonyl (C=O) groups is 4. The van der Waals surface area contributed by atoms with Crippen LogP contribution < -0.4 is 11.1 Å². The number of amides is 2. The number of thioether (sulfide) groups is 1. The predicted octanol–water partition coefficient (Wildman–Crippen LogP) is 0.827. The summed E-state index contributed by atoms with van der Waals surface area (Å²) in [4.78, 5) is 60.8. The number of ether oxygens (including phenoxy) is 4. The maximum Gasteiger partial charge on any atom is 0.511 e. The molecular formula is C21H27N5O9S2. The maximum atomic E-state index is 13.1. The van der Waals surface area contributed by atoms with Crippen molar-refractivity contribution in [3.05, 3.63) is 22.3 Å². The van der Waals surface area contributed by atoms with Gasteiger partial charge in [0, 0.05) is 25.2 Å². The summed E-state index contributed by atoms with van der Waals surface area (Å²) >= 11 is 2.45. The zero-order valence-corrected chi connectivity index (χ0v) is 22.3. The highest BCUT2D eigenvalue weighted by atomic mass is 32.2. The van der Waals surface area contributed by atoms with E-state index in [1.807, 2.05) is 0 Å². The molecular weight excluding hydrogens is 530 g/mol. The minimum atomic E-state index is -1.28. The second-order valence-corrected chi connectivity index (χ2v) is 9.94. The van der Waals surface area contributed by atoms with Crippen LogP contribution in [0.2, 0.25) is 0 Å². The zero-order chi connectivity index (χ0) is 27.3. The average Bonchev–Trinajstić information content (AvgIpc) is 3.25. The smallest absolute Gasteiger partial charge is 0.431 e. The number of nitrogens with zero attached hydrogens (tertiary/aromatic N) is 3. The first-order chi connectivity index (χ1) is 17.6. The van der Waals surface area contributed by atoms with E-state index in [1.54, 1.807) is 13.8 Å². The molecule has 2 amide bonds. The average molecular weight is 558 g/mol. The molecule has 3 rings (SSSR count). The number of oxime groups is 1. The summed E-state index contributed by atoms with van der Waals surface area (Å²) in [5.41, 5.74) is 6.15. The van der Waals surface area contributed by atoms with Crippen molar-refractivity contribution in [3.8, 4) is 0 Å². The van der Waals surface area contributed by atoms with Crippen LogP contribution in [0.4, 0.5) is 9.93 Å². The predicted molar refractivity (Wildman–Crippen MR) is 132 cm³/mol. The van der Waals surface area contributed by atoms with Gasteiger partial charge in [0.25, 0.3) is 11.8 Å². The van der Waals surface area contributed by atoms with Crippen LogP contribution >= 0.6 is 23.1 Å². The number of hydrogen-bond acceptors (Lipinski definition) is 14. The Morgan fingerprint density at radius 2 is 1.97 bits per heavy atom. The van der Waals surface area contributed by atoms with Gasteiger partial charge >= 0.3 is 12.1 Å². The number of nitrogens with one attached hydrogen (secondary N) is 1. The third-order valence-electron chi connectivity index (χ3n) is 4.88. The molecule has 1 saturated heterocycles. The molecule has 3 heterocycles. The highest BCUT2D eigenvalue weighted by molar-refractivity contribution is 8.00. The third kappa shape index (κ3) is 6.50. The van der Waals surface area contributed by atoms with Crippen molar-refractivity contribution in [1.29, 1.82) is 0 Å². The molecule has 37 heavy (non-hydrogen) atoms. The van der Waals surface area contributed by atoms with Crippen LogP contribution in [0.25, 0.3) is 0 Å². The van der Waals surface area contributed by atoms with Crippen molar-refractivity contribution in [2.75, 3.05) is 32.3 Å². The number of β-lactam (4-membered cyclic amide) rings is 1. The summed E-state index contributed by atoms with van der Waals surface area (Å²) in [6.07, 6.45) is -2.71. The fraction of sp³-hybridized carbons (Fsp3) is 0.524. The molecule has 1 fully saturated rings. The molecule has 0 saturated carbocycles. The molecule has 2 aliphatic heterocycles. The van der Waals surface area contributed by atoms with Gasteiger partial charge in [-0.25, -0.2) is 14.6 Å². The lowest BCUT2D eigenvalue weighted by Gasteiger charge is -2.49. The second kappa shape index (κ2) is 12.2. The largest absolute Gasteiger partial charge is 0.511 e. The first-order valence-corrected chi connectivity index (χ1v) is 12.9. The topological polar surface area (TPSA) is 181 Å². The van der Waals surface area contributed by atoms with E-state index >= 15 is 0 Å². The fourth-order valence-electron chi connectivity index (χ4n) is 3.45. The van der Waals surface area contributed by atoms with Crippen molar-refractivity contribution in [1.82, 2.24) is 15.2 Å². The molecule has 0 aliphatic carbocycles. The van der Waals surface area contributed by atoms with E-state index < -0.39 is 47.7 Å². The number of esters is 1. The van der Waals surface area contributed by atoms with Gasteiger partial charge in [-0.2, -0.15) is 0 Å². The number of carbonyl (C=O) groups excluding carboxylic acids is 4. The lowest BCUT2D eigenvalue weighted by Crippen LogP contribution is -2.71. The van der Waals surface area contributed by atoms with E-state index in [1.165, 1.54) is 43.2 Å². The van der Waals surface area contributed by atoms with Crippen LogP contribution in [-0.4, -0.2) is 89.9 Å². The lowest BCUT2D eigenvalue weighted by atomic mass is 10.0. The first kappa shape index (κ1) is 28.2. The van der Waals surface area contributed by atoms with Crippen LogP contribution in [0.1, 0.15) is 26.5 Å². The van der Waals surface area contributed by atoms with E-state index in [-0.39, 0.29) is 28.8 Å². The Kier molecular flexibility index (Phi) is 9.34. The van der Waals surface area contributed by atoms with E-state index in [0.29, 0.717) is 11.3 Å². The highest BCUT2D eigenvalue weighted by Gasteiger charge is 2.55. The molecule has 0 radical (unpaired) electrons. The Hall–Kier alpha value is -3.37. The van der Waals surface area contributed by atoms with Gasteiger partial charge in [0.05, 0.1) is 12.7 Å². The normalized spacial score (nSPS) is 20.1. The number of methoxy groups -OCH3 is 1. The fourth-order valence-corrected chi connectivity index (χ4v) is 5.32. The Balaban J connectivity index is 1.74. The molecule has 0 unspecified atom stereocenters. The van der Waals surface area contributed by atoms with Crippen LogP contribution in [0.3, 0.4) is 0 Å². The number of rotatable bonds is 10. The van der Waals surface area contributed by atoms with Crippen molar-refractivity contribution >= 4 is 57.9 Å². The monoisotopic (exact) mass is 557 g/mol. The van der Waals surface area contributed by atoms with Gasteiger partial charge in [-0.3, -0.25) is 14.5 Å². The van der Waals surface area contributed by atoms with Gasteiger partial charge in [-0.15, -0.1) is 23.1 Å². The minimum Gasteiger partial charge on any atom is -0.431 e. The Morgan fingerprint density at radius 1 is 1.24 bits per heavy atom. The molecule has 1 aromatic rings. The van der Waals surface area contributed by atoms with Crippen molar-refractivity contribution < 1.29 is 43.0 Å². The van der Waals surface area contributed by atoms with Gasteiger partial charge in [-0.05, 0) is 19.4 Å². The quantitative estimate of drug-likeness (QED) is 0.136. The van der Waals surface area contributed by atoms with E-state index in [0.717, 1.165) is 11.3 Å². The second-order valence-electron chi connectivity index (χ2n) is 7.95. The van der Waals surface area contributed by atoms with E-state index in [4.69, 9.17) is 29.5 Å². The maximum absolute atomic E-state index is 13.1. The molecule has 16 heteroatoms. The number of anilines is 1. The van der Waals surface area contributed by atoms with E-state index in [2.05, 4.69) is 15.5 Å². The van der Waals surface area contributed by atoms with Crippen molar-refractivity contribution in [2.45, 2.75) is 44.6 Å². The number of thiazole rings is 1. The molecule has 2 aliphatic rings. The Labute approximate surface area is 220 Å². The van der Waals surface area contributed by atoms with Gasteiger partial charge in [0.2, 0.25) is 6.29 Å². The summed E-state index contributed by atoms with van der Waals surface area (Å²) < 4.78 is 20.2. The molecule has 3 N–H and O–H groups in total. The molecule has 1 aromatic heterocycles. The first-order valence-electron chi connectivity index (χ1n) is 10.9. The summed E-state index contributed by atoms with van der Waals surface area (Å²) in [5.74, 6) is -1.81. The van der Waals surface area contributed by atoms with Crippen LogP contribution in [0.15, 0.2) is 21.8 Å². The summed E-state index contributed by atoms with van der Waals surface area (Å²) in [6.45, 7) is 4.68. The molecule has 0 bridgehead atoms. The zero-order valence-electron chi connectivity index (χ0n) is 20.7. The molecule has 202 valence electrons. The standard InChI is InChI=1S/C21H27N5O9S2/c1-9(2)33-21(30)35-10(3)34-19(29)15-11(6-31-4)7-36-18-14(17(28)26(15)18)24-16(27)13(25-32-5)12-8-37-20(22)23-12/h8-10,14,18H,6-7H2,1-5H3,(H2,22,23)(H,24,27)/b25-13+/t10-,14+,18+/m1/s1. The van der Waals surface area contributed by atoms with Crippen molar-refractivity contribution in [2.24, 2.45) is 5.16 Å².